The van der Waals surface area contributed by atoms with E-state index in [1.807, 2.05) is 56.3 Å². The van der Waals surface area contributed by atoms with E-state index >= 15 is 0 Å². The fourth-order valence-electron chi connectivity index (χ4n) is 3.24. The molecule has 6 heteroatoms. The van der Waals surface area contributed by atoms with Crippen LogP contribution in [0.4, 0.5) is 14.5 Å². The highest BCUT2D eigenvalue weighted by molar-refractivity contribution is 5.91. The fourth-order valence-corrected chi connectivity index (χ4v) is 3.24. The zero-order valence-electron chi connectivity index (χ0n) is 16.1. The Hall–Kier alpha value is -3.54. The topological polar surface area (TPSA) is 53.6 Å². The molecule has 1 atom stereocenters. The predicted molar refractivity (Wildman–Crippen MR) is 112 cm³/mol. The number of halogens is 2. The normalized spacial score (nSPS) is 12.6. The minimum absolute atomic E-state index is 0.264. The third kappa shape index (κ3) is 4.16. The van der Waals surface area contributed by atoms with Gasteiger partial charge in [-0.1, -0.05) is 6.07 Å². The number of aromatic nitrogens is 3. The van der Waals surface area contributed by atoms with Crippen LogP contribution in [0.25, 0.3) is 23.1 Å². The van der Waals surface area contributed by atoms with Gasteiger partial charge in [-0.15, -0.1) is 0 Å². The van der Waals surface area contributed by atoms with E-state index in [9.17, 15) is 8.78 Å². The number of H-pyrrole nitrogens is 1. The Kier molecular flexibility index (Phi) is 5.08. The second-order valence-corrected chi connectivity index (χ2v) is 6.98. The van der Waals surface area contributed by atoms with Crippen LogP contribution in [0.15, 0.2) is 54.7 Å². The molecule has 29 heavy (non-hydrogen) atoms. The first kappa shape index (κ1) is 18.8. The summed E-state index contributed by atoms with van der Waals surface area (Å²) in [6.07, 6.45) is 5.61. The van der Waals surface area contributed by atoms with Crippen LogP contribution in [-0.2, 0) is 0 Å². The number of rotatable bonds is 5. The van der Waals surface area contributed by atoms with Gasteiger partial charge in [-0.05, 0) is 73.5 Å². The Balaban J connectivity index is 1.60. The van der Waals surface area contributed by atoms with Gasteiger partial charge in [0.25, 0.3) is 0 Å². The summed E-state index contributed by atoms with van der Waals surface area (Å²) < 4.78 is 27.0. The van der Waals surface area contributed by atoms with E-state index in [1.165, 1.54) is 12.1 Å². The van der Waals surface area contributed by atoms with Gasteiger partial charge in [0.2, 0.25) is 0 Å². The van der Waals surface area contributed by atoms with E-state index in [1.54, 1.807) is 6.20 Å². The highest BCUT2D eigenvalue weighted by atomic mass is 19.1. The van der Waals surface area contributed by atoms with Crippen LogP contribution in [0.3, 0.4) is 0 Å². The molecule has 2 heterocycles. The van der Waals surface area contributed by atoms with Gasteiger partial charge in [0.05, 0.1) is 16.9 Å². The molecule has 2 aromatic carbocycles. The van der Waals surface area contributed by atoms with Crippen molar-refractivity contribution in [1.29, 1.82) is 0 Å². The maximum atomic E-state index is 13.5. The number of hydrogen-bond donors (Lipinski definition) is 2. The van der Waals surface area contributed by atoms with Gasteiger partial charge >= 0.3 is 0 Å². The van der Waals surface area contributed by atoms with E-state index in [0.29, 0.717) is 5.56 Å². The lowest BCUT2D eigenvalue weighted by molar-refractivity contribution is 0.577. The molecule has 0 aliphatic rings. The molecule has 0 bridgehead atoms. The number of hydrogen-bond acceptors (Lipinski definition) is 3. The first-order valence-electron chi connectivity index (χ1n) is 9.30. The molecule has 146 valence electrons. The monoisotopic (exact) mass is 390 g/mol. The van der Waals surface area contributed by atoms with Crippen molar-refractivity contribution in [2.75, 3.05) is 5.32 Å². The summed E-state index contributed by atoms with van der Waals surface area (Å²) >= 11 is 0. The molecule has 4 aromatic rings. The van der Waals surface area contributed by atoms with E-state index in [4.69, 9.17) is 0 Å². The van der Waals surface area contributed by atoms with Crippen LogP contribution in [0.1, 0.15) is 35.5 Å². The summed E-state index contributed by atoms with van der Waals surface area (Å²) in [5, 5.41) is 11.6. The van der Waals surface area contributed by atoms with E-state index < -0.39 is 11.6 Å². The van der Waals surface area contributed by atoms with Gasteiger partial charge in [0.1, 0.15) is 11.6 Å². The molecule has 2 N–H and O–H groups in total. The standard InChI is InChI=1S/C23H20F2N4/c1-14-4-3-9-26-21(14)7-8-23-20-13-19(5-6-22(20)28-29-23)27-15(2)16-10-17(24)12-18(25)11-16/h3-13,15,27H,1-2H3,(H,28,29). The number of pyridine rings is 1. The molecule has 0 saturated carbocycles. The third-order valence-electron chi connectivity index (χ3n) is 4.81. The molecule has 0 aliphatic carbocycles. The molecule has 0 aliphatic heterocycles. The second kappa shape index (κ2) is 7.83. The number of benzene rings is 2. The van der Waals surface area contributed by atoms with Crippen LogP contribution in [-0.4, -0.2) is 15.2 Å². The van der Waals surface area contributed by atoms with Gasteiger partial charge in [-0.25, -0.2) is 8.78 Å². The summed E-state index contributed by atoms with van der Waals surface area (Å²) in [4.78, 5) is 4.36. The molecular formula is C23H20F2N4. The van der Waals surface area contributed by atoms with E-state index in [-0.39, 0.29) is 6.04 Å². The average Bonchev–Trinajstić information content (AvgIpc) is 3.09. The lowest BCUT2D eigenvalue weighted by atomic mass is 10.1. The van der Waals surface area contributed by atoms with Gasteiger partial charge in [0, 0.05) is 29.4 Å². The smallest absolute Gasteiger partial charge is 0.126 e. The average molecular weight is 390 g/mol. The largest absolute Gasteiger partial charge is 0.378 e. The zero-order chi connectivity index (χ0) is 20.4. The van der Waals surface area contributed by atoms with Gasteiger partial charge in [-0.2, -0.15) is 5.10 Å². The van der Waals surface area contributed by atoms with Crippen molar-refractivity contribution < 1.29 is 8.78 Å². The summed E-state index contributed by atoms with van der Waals surface area (Å²) in [5.74, 6) is -1.17. The van der Waals surface area contributed by atoms with Crippen LogP contribution in [0.2, 0.25) is 0 Å². The third-order valence-corrected chi connectivity index (χ3v) is 4.81. The molecule has 4 nitrogen and oxygen atoms in total. The summed E-state index contributed by atoms with van der Waals surface area (Å²) in [6.45, 7) is 3.87. The highest BCUT2D eigenvalue weighted by Gasteiger charge is 2.10. The van der Waals surface area contributed by atoms with Crippen LogP contribution in [0.5, 0.6) is 0 Å². The maximum absolute atomic E-state index is 13.5. The molecule has 1 unspecified atom stereocenters. The second-order valence-electron chi connectivity index (χ2n) is 6.98. The number of fused-ring (bicyclic) bond motifs is 1. The van der Waals surface area contributed by atoms with Crippen molar-refractivity contribution >= 4 is 28.7 Å². The molecule has 0 amide bonds. The van der Waals surface area contributed by atoms with Gasteiger partial charge in [-0.3, -0.25) is 10.1 Å². The molecule has 0 radical (unpaired) electrons. The van der Waals surface area contributed by atoms with Crippen LogP contribution >= 0.6 is 0 Å². The fraction of sp³-hybridized carbons (Fsp3) is 0.130. The minimum Gasteiger partial charge on any atom is -0.378 e. The first-order chi connectivity index (χ1) is 14.0. The van der Waals surface area contributed by atoms with Gasteiger partial charge in [0.15, 0.2) is 0 Å². The Morgan fingerprint density at radius 2 is 1.76 bits per heavy atom. The predicted octanol–water partition coefficient (Wildman–Crippen LogP) is 5.89. The van der Waals surface area contributed by atoms with Crippen LogP contribution in [0, 0.1) is 18.6 Å². The van der Waals surface area contributed by atoms with Crippen molar-refractivity contribution in [1.82, 2.24) is 15.2 Å². The Morgan fingerprint density at radius 1 is 1.00 bits per heavy atom. The molecule has 2 aromatic heterocycles. The van der Waals surface area contributed by atoms with Crippen molar-refractivity contribution in [3.05, 3.63) is 88.9 Å². The first-order valence-corrected chi connectivity index (χ1v) is 9.30. The molecule has 0 spiro atoms. The van der Waals surface area contributed by atoms with Crippen molar-refractivity contribution in [3.63, 3.8) is 0 Å². The minimum atomic E-state index is -0.587. The Bertz CT molecular complexity index is 1180. The summed E-state index contributed by atoms with van der Waals surface area (Å²) in [7, 11) is 0. The van der Waals surface area contributed by atoms with Crippen LogP contribution < -0.4 is 5.32 Å². The summed E-state index contributed by atoms with van der Waals surface area (Å²) in [6, 6.07) is 13.0. The molecular weight excluding hydrogens is 370 g/mol. The zero-order valence-corrected chi connectivity index (χ0v) is 16.1. The molecule has 4 rings (SSSR count). The summed E-state index contributed by atoms with van der Waals surface area (Å²) in [5.41, 5.74) is 5.04. The highest BCUT2D eigenvalue weighted by Crippen LogP contribution is 2.26. The maximum Gasteiger partial charge on any atom is 0.126 e. The number of anilines is 1. The Labute approximate surface area is 167 Å². The van der Waals surface area contributed by atoms with E-state index in [0.717, 1.165) is 39.6 Å². The number of nitrogens with one attached hydrogen (secondary N) is 2. The molecule has 0 saturated heterocycles. The Morgan fingerprint density at radius 3 is 2.52 bits per heavy atom. The van der Waals surface area contributed by atoms with Gasteiger partial charge < -0.3 is 5.32 Å². The van der Waals surface area contributed by atoms with E-state index in [2.05, 4.69) is 20.5 Å². The van der Waals surface area contributed by atoms with Crippen molar-refractivity contribution in [2.45, 2.75) is 19.9 Å². The molecule has 0 fully saturated rings. The number of nitrogens with zero attached hydrogens (tertiary/aromatic N) is 2. The van der Waals surface area contributed by atoms with Crippen molar-refractivity contribution in [3.8, 4) is 0 Å². The SMILES string of the molecule is Cc1cccnc1C=Cc1n[nH]c2ccc(NC(C)c3cc(F)cc(F)c3)cc12. The lowest BCUT2D eigenvalue weighted by Gasteiger charge is -2.16. The quantitative estimate of drug-likeness (QED) is 0.447. The van der Waals surface area contributed by atoms with Crippen molar-refractivity contribution in [2.24, 2.45) is 0 Å². The number of aromatic amines is 1. The number of aryl methyl sites for hydroxylation is 1. The lowest BCUT2D eigenvalue weighted by Crippen LogP contribution is -2.07.